The molecule has 2 rings (SSSR count). The number of hydrogen-bond acceptors (Lipinski definition) is 1. The van der Waals surface area contributed by atoms with E-state index >= 15 is 0 Å². The number of alkyl halides is 1. The van der Waals surface area contributed by atoms with Crippen LogP contribution >= 0.6 is 38.9 Å². The van der Waals surface area contributed by atoms with E-state index < -0.39 is 0 Å². The van der Waals surface area contributed by atoms with Crippen molar-refractivity contribution in [2.45, 2.75) is 49.8 Å². The van der Waals surface area contributed by atoms with Crippen molar-refractivity contribution in [1.29, 1.82) is 0 Å². The zero-order chi connectivity index (χ0) is 11.4. The molecule has 1 saturated carbocycles. The fourth-order valence-corrected chi connectivity index (χ4v) is 4.68. The smallest absolute Gasteiger partial charge is 0.0556 e. The molecule has 1 fully saturated rings. The zero-order valence-electron chi connectivity index (χ0n) is 9.42. The van der Waals surface area contributed by atoms with E-state index in [2.05, 4.69) is 21.3 Å². The van der Waals surface area contributed by atoms with Gasteiger partial charge in [0.05, 0.1) is 9.85 Å². The van der Waals surface area contributed by atoms with Crippen molar-refractivity contribution in [1.82, 2.24) is 0 Å². The van der Waals surface area contributed by atoms with Gasteiger partial charge in [0.1, 0.15) is 0 Å². The summed E-state index contributed by atoms with van der Waals surface area (Å²) in [5, 5.41) is 3.00. The minimum Gasteiger partial charge on any atom is -0.146 e. The van der Waals surface area contributed by atoms with Gasteiger partial charge in [-0.1, -0.05) is 59.6 Å². The minimum atomic E-state index is 0.460. The second kappa shape index (κ2) is 6.42. The molecular formula is C13H18BrClS. The first-order chi connectivity index (χ1) is 7.77. The van der Waals surface area contributed by atoms with Gasteiger partial charge in [0.15, 0.2) is 0 Å². The van der Waals surface area contributed by atoms with E-state index in [4.69, 9.17) is 11.6 Å². The molecule has 90 valence electrons. The second-order valence-electron chi connectivity index (χ2n) is 4.68. The van der Waals surface area contributed by atoms with Crippen molar-refractivity contribution in [3.05, 3.63) is 21.3 Å². The second-order valence-corrected chi connectivity index (χ2v) is 7.14. The summed E-state index contributed by atoms with van der Waals surface area (Å²) in [6.45, 7) is 0. The first-order valence-corrected chi connectivity index (χ1v) is 8.31. The Balaban J connectivity index is 1.79. The first kappa shape index (κ1) is 12.9. The lowest BCUT2D eigenvalue weighted by Gasteiger charge is -2.22. The molecule has 1 aliphatic rings. The Morgan fingerprint density at radius 2 is 2.12 bits per heavy atom. The minimum absolute atomic E-state index is 0.460. The van der Waals surface area contributed by atoms with Gasteiger partial charge in [0.2, 0.25) is 0 Å². The van der Waals surface area contributed by atoms with Gasteiger partial charge in [-0.25, -0.2) is 0 Å². The van der Waals surface area contributed by atoms with E-state index in [1.54, 1.807) is 11.3 Å². The van der Waals surface area contributed by atoms with Crippen LogP contribution in [0.15, 0.2) is 11.4 Å². The molecule has 1 unspecified atom stereocenters. The summed E-state index contributed by atoms with van der Waals surface area (Å²) in [5.74, 6) is 0.965. The summed E-state index contributed by atoms with van der Waals surface area (Å²) in [6.07, 6.45) is 9.80. The Morgan fingerprint density at radius 3 is 2.75 bits per heavy atom. The third kappa shape index (κ3) is 3.48. The normalized spacial score (nSPS) is 19.9. The van der Waals surface area contributed by atoms with Gasteiger partial charge in [-0.15, -0.1) is 11.3 Å². The van der Waals surface area contributed by atoms with E-state index in [0.717, 1.165) is 10.9 Å². The molecule has 0 aromatic carbocycles. The Bertz CT molecular complexity index is 317. The molecule has 0 amide bonds. The number of rotatable bonds is 4. The highest BCUT2D eigenvalue weighted by Gasteiger charge is 2.17. The SMILES string of the molecule is Clc1ccsc1C(Br)CCC1CCCCC1. The van der Waals surface area contributed by atoms with Gasteiger partial charge in [-0.05, 0) is 30.2 Å². The molecule has 0 bridgehead atoms. The first-order valence-electron chi connectivity index (χ1n) is 6.14. The molecule has 0 radical (unpaired) electrons. The molecule has 0 spiro atoms. The largest absolute Gasteiger partial charge is 0.146 e. The molecule has 0 aliphatic heterocycles. The predicted octanol–water partition coefficient (Wildman–Crippen LogP) is 6.20. The molecule has 1 aromatic heterocycles. The van der Waals surface area contributed by atoms with Gasteiger partial charge in [-0.3, -0.25) is 0 Å². The molecule has 1 heterocycles. The number of hydrogen-bond donors (Lipinski definition) is 0. The summed E-state index contributed by atoms with van der Waals surface area (Å²) in [5.41, 5.74) is 0. The fourth-order valence-electron chi connectivity index (χ4n) is 2.52. The van der Waals surface area contributed by atoms with Crippen LogP contribution in [0.1, 0.15) is 54.7 Å². The van der Waals surface area contributed by atoms with Gasteiger partial charge in [0, 0.05) is 4.88 Å². The Hall–Kier alpha value is 0.470. The summed E-state index contributed by atoms with van der Waals surface area (Å²) in [6, 6.07) is 2.00. The van der Waals surface area contributed by atoms with Gasteiger partial charge < -0.3 is 0 Å². The van der Waals surface area contributed by atoms with Crippen LogP contribution in [-0.4, -0.2) is 0 Å². The van der Waals surface area contributed by atoms with E-state index in [1.165, 1.54) is 49.8 Å². The maximum absolute atomic E-state index is 6.14. The monoisotopic (exact) mass is 320 g/mol. The van der Waals surface area contributed by atoms with Crippen LogP contribution in [0.5, 0.6) is 0 Å². The zero-order valence-corrected chi connectivity index (χ0v) is 12.6. The molecule has 0 saturated heterocycles. The van der Waals surface area contributed by atoms with Crippen LogP contribution in [0.2, 0.25) is 5.02 Å². The molecule has 0 nitrogen and oxygen atoms in total. The number of halogens is 2. The highest BCUT2D eigenvalue weighted by atomic mass is 79.9. The van der Waals surface area contributed by atoms with Crippen LogP contribution in [0.3, 0.4) is 0 Å². The third-order valence-corrected chi connectivity index (χ3v) is 6.17. The van der Waals surface area contributed by atoms with Gasteiger partial charge in [0.25, 0.3) is 0 Å². The van der Waals surface area contributed by atoms with Gasteiger partial charge in [-0.2, -0.15) is 0 Å². The molecule has 3 heteroatoms. The van der Waals surface area contributed by atoms with Crippen LogP contribution in [0, 0.1) is 5.92 Å². The highest BCUT2D eigenvalue weighted by Crippen LogP contribution is 2.39. The molecule has 1 atom stereocenters. The Labute approximate surface area is 116 Å². The predicted molar refractivity (Wildman–Crippen MR) is 76.8 cm³/mol. The lowest BCUT2D eigenvalue weighted by atomic mass is 9.86. The highest BCUT2D eigenvalue weighted by molar-refractivity contribution is 9.09. The van der Waals surface area contributed by atoms with Crippen molar-refractivity contribution < 1.29 is 0 Å². The molecule has 1 aliphatic carbocycles. The van der Waals surface area contributed by atoms with Crippen molar-refractivity contribution in [2.75, 3.05) is 0 Å². The summed E-state index contributed by atoms with van der Waals surface area (Å²) < 4.78 is 0. The third-order valence-electron chi connectivity index (χ3n) is 3.48. The fraction of sp³-hybridized carbons (Fsp3) is 0.692. The van der Waals surface area contributed by atoms with Crippen molar-refractivity contribution in [3.63, 3.8) is 0 Å². The Kier molecular flexibility index (Phi) is 5.18. The average molecular weight is 322 g/mol. The van der Waals surface area contributed by atoms with E-state index in [1.807, 2.05) is 6.07 Å². The van der Waals surface area contributed by atoms with Crippen molar-refractivity contribution >= 4 is 38.9 Å². The van der Waals surface area contributed by atoms with E-state index in [0.29, 0.717) is 4.83 Å². The van der Waals surface area contributed by atoms with E-state index in [9.17, 15) is 0 Å². The lowest BCUT2D eigenvalue weighted by molar-refractivity contribution is 0.332. The summed E-state index contributed by atoms with van der Waals surface area (Å²) in [7, 11) is 0. The quantitative estimate of drug-likeness (QED) is 0.579. The maximum Gasteiger partial charge on any atom is 0.0556 e. The molecule has 1 aromatic rings. The Morgan fingerprint density at radius 1 is 1.38 bits per heavy atom. The molecule has 0 N–H and O–H groups in total. The molecule has 16 heavy (non-hydrogen) atoms. The maximum atomic E-state index is 6.14. The van der Waals surface area contributed by atoms with Crippen LogP contribution < -0.4 is 0 Å². The van der Waals surface area contributed by atoms with Crippen LogP contribution in [-0.2, 0) is 0 Å². The topological polar surface area (TPSA) is 0 Å². The van der Waals surface area contributed by atoms with Crippen molar-refractivity contribution in [3.8, 4) is 0 Å². The van der Waals surface area contributed by atoms with E-state index in [-0.39, 0.29) is 0 Å². The number of thiophene rings is 1. The van der Waals surface area contributed by atoms with Gasteiger partial charge >= 0.3 is 0 Å². The van der Waals surface area contributed by atoms with Crippen molar-refractivity contribution in [2.24, 2.45) is 5.92 Å². The van der Waals surface area contributed by atoms with Crippen LogP contribution in [0.4, 0.5) is 0 Å². The van der Waals surface area contributed by atoms with Crippen LogP contribution in [0.25, 0.3) is 0 Å². The average Bonchev–Trinajstić information content (AvgIpc) is 2.74. The summed E-state index contributed by atoms with van der Waals surface area (Å²) in [4.78, 5) is 1.76. The molecular weight excluding hydrogens is 304 g/mol. The summed E-state index contributed by atoms with van der Waals surface area (Å²) >= 11 is 11.7. The lowest BCUT2D eigenvalue weighted by Crippen LogP contribution is -2.06. The standard InChI is InChI=1S/C13H18BrClS/c14-11(13-12(15)8-9-16-13)7-6-10-4-2-1-3-5-10/h8-11H,1-7H2.